The van der Waals surface area contributed by atoms with E-state index in [0.29, 0.717) is 19.1 Å². The zero-order valence-electron chi connectivity index (χ0n) is 15.7. The summed E-state index contributed by atoms with van der Waals surface area (Å²) in [5, 5.41) is 3.20. The Morgan fingerprint density at radius 1 is 1.04 bits per heavy atom. The van der Waals surface area contributed by atoms with Crippen molar-refractivity contribution < 1.29 is 9.59 Å². The highest BCUT2D eigenvalue weighted by Crippen LogP contribution is 2.25. The second-order valence-corrected chi connectivity index (χ2v) is 8.00. The van der Waals surface area contributed by atoms with Gasteiger partial charge in [0.2, 0.25) is 11.8 Å². The molecule has 1 aromatic rings. The number of pyridine rings is 1. The number of nitrogens with one attached hydrogen (secondary N) is 3. The molecule has 4 rings (SSSR count). The summed E-state index contributed by atoms with van der Waals surface area (Å²) >= 11 is 0. The minimum absolute atomic E-state index is 0.0499. The number of amides is 2. The van der Waals surface area contributed by atoms with E-state index in [1.54, 1.807) is 12.4 Å². The molecule has 3 N–H and O–H groups in total. The molecule has 7 heteroatoms. The summed E-state index contributed by atoms with van der Waals surface area (Å²) in [4.78, 5) is 31.2. The third-order valence-corrected chi connectivity index (χ3v) is 6.19. The van der Waals surface area contributed by atoms with Gasteiger partial charge in [-0.2, -0.15) is 0 Å². The average molecular weight is 371 g/mol. The van der Waals surface area contributed by atoms with Gasteiger partial charge in [0, 0.05) is 43.5 Å². The molecule has 2 saturated heterocycles. The molecule has 2 atom stereocenters. The van der Waals surface area contributed by atoms with E-state index in [9.17, 15) is 9.59 Å². The predicted molar refractivity (Wildman–Crippen MR) is 101 cm³/mol. The maximum Gasteiger partial charge on any atom is 0.241 e. The van der Waals surface area contributed by atoms with Crippen molar-refractivity contribution in [1.29, 1.82) is 0 Å². The van der Waals surface area contributed by atoms with Gasteiger partial charge in [0.25, 0.3) is 0 Å². The molecular formula is C20H29N5O2. The number of likely N-dealkylation sites (tertiary alicyclic amines) is 1. The highest BCUT2D eigenvalue weighted by molar-refractivity contribution is 5.83. The Kier molecular flexibility index (Phi) is 5.69. The molecule has 2 unspecified atom stereocenters. The third-order valence-electron chi connectivity index (χ3n) is 6.19. The fourth-order valence-corrected chi connectivity index (χ4v) is 4.50. The summed E-state index contributed by atoms with van der Waals surface area (Å²) in [6, 6.07) is 4.22. The first-order valence-corrected chi connectivity index (χ1v) is 10.2. The van der Waals surface area contributed by atoms with E-state index < -0.39 is 0 Å². The Bertz CT molecular complexity index is 654. The third kappa shape index (κ3) is 4.30. The van der Waals surface area contributed by atoms with Crippen LogP contribution in [0.3, 0.4) is 0 Å². The number of piperidine rings is 1. The van der Waals surface area contributed by atoms with Crippen molar-refractivity contribution in [2.45, 2.75) is 63.1 Å². The topological polar surface area (TPSA) is 86.4 Å². The lowest BCUT2D eigenvalue weighted by atomic mass is 9.94. The minimum atomic E-state index is -0.216. The Hall–Kier alpha value is -1.99. The number of nitrogens with zero attached hydrogens (tertiary/aromatic N) is 2. The quantitative estimate of drug-likeness (QED) is 0.742. The van der Waals surface area contributed by atoms with Crippen LogP contribution in [0, 0.1) is 5.92 Å². The first-order chi connectivity index (χ1) is 13.2. The molecule has 3 aliphatic rings. The summed E-state index contributed by atoms with van der Waals surface area (Å²) in [6.07, 6.45) is 10.5. The Labute approximate surface area is 160 Å². The van der Waals surface area contributed by atoms with Crippen molar-refractivity contribution in [2.24, 2.45) is 5.92 Å². The highest BCUT2D eigenvalue weighted by atomic mass is 16.2. The number of hydrogen-bond donors (Lipinski definition) is 3. The molecule has 2 amide bonds. The van der Waals surface area contributed by atoms with Gasteiger partial charge in [-0.3, -0.25) is 14.6 Å². The molecule has 3 heterocycles. The second kappa shape index (κ2) is 8.35. The summed E-state index contributed by atoms with van der Waals surface area (Å²) in [5.41, 5.74) is 7.50. The molecule has 0 spiro atoms. The van der Waals surface area contributed by atoms with E-state index in [1.165, 1.54) is 12.8 Å². The van der Waals surface area contributed by atoms with Crippen molar-refractivity contribution in [3.8, 4) is 0 Å². The van der Waals surface area contributed by atoms with E-state index in [1.807, 2.05) is 17.0 Å². The van der Waals surface area contributed by atoms with Crippen LogP contribution >= 0.6 is 0 Å². The van der Waals surface area contributed by atoms with Crippen molar-refractivity contribution in [2.75, 3.05) is 13.1 Å². The molecule has 146 valence electrons. The number of aromatic nitrogens is 1. The lowest BCUT2D eigenvalue weighted by Crippen LogP contribution is -2.50. The molecule has 1 aliphatic carbocycles. The lowest BCUT2D eigenvalue weighted by Gasteiger charge is -2.33. The van der Waals surface area contributed by atoms with Crippen LogP contribution in [0.15, 0.2) is 24.5 Å². The molecule has 0 bridgehead atoms. The number of hydrazine groups is 1. The van der Waals surface area contributed by atoms with Gasteiger partial charge in [0.05, 0.1) is 0 Å². The van der Waals surface area contributed by atoms with Crippen molar-refractivity contribution in [3.05, 3.63) is 30.1 Å². The van der Waals surface area contributed by atoms with Gasteiger partial charge in [-0.05, 0) is 49.8 Å². The standard InChI is InChI=1S/C20H29N5O2/c26-19(22-16-3-1-2-4-16)15-7-11-25(12-8-15)20(27)18-13-17(23-24-18)14-5-9-21-10-6-14/h5-6,9-10,15-18,23-24H,1-4,7-8,11-13H2,(H,22,26). The van der Waals surface area contributed by atoms with Crippen LogP contribution in [-0.4, -0.2) is 46.9 Å². The van der Waals surface area contributed by atoms with E-state index in [2.05, 4.69) is 21.2 Å². The number of hydrogen-bond acceptors (Lipinski definition) is 5. The van der Waals surface area contributed by atoms with Gasteiger partial charge in [0.1, 0.15) is 6.04 Å². The van der Waals surface area contributed by atoms with Crippen molar-refractivity contribution in [3.63, 3.8) is 0 Å². The zero-order valence-corrected chi connectivity index (χ0v) is 15.7. The summed E-state index contributed by atoms with van der Waals surface area (Å²) < 4.78 is 0. The monoisotopic (exact) mass is 371 g/mol. The summed E-state index contributed by atoms with van der Waals surface area (Å²) in [7, 11) is 0. The molecule has 27 heavy (non-hydrogen) atoms. The number of rotatable bonds is 4. The summed E-state index contributed by atoms with van der Waals surface area (Å²) in [6.45, 7) is 1.33. The maximum atomic E-state index is 12.8. The molecular weight excluding hydrogens is 342 g/mol. The van der Waals surface area contributed by atoms with E-state index >= 15 is 0 Å². The molecule has 3 fully saturated rings. The van der Waals surface area contributed by atoms with Crippen LogP contribution in [0.5, 0.6) is 0 Å². The second-order valence-electron chi connectivity index (χ2n) is 8.00. The van der Waals surface area contributed by atoms with Crippen LogP contribution in [0.25, 0.3) is 0 Å². The largest absolute Gasteiger partial charge is 0.353 e. The predicted octanol–water partition coefficient (Wildman–Crippen LogP) is 1.29. The van der Waals surface area contributed by atoms with E-state index in [0.717, 1.165) is 37.7 Å². The van der Waals surface area contributed by atoms with Gasteiger partial charge < -0.3 is 10.2 Å². The van der Waals surface area contributed by atoms with E-state index in [4.69, 9.17) is 0 Å². The first kappa shape index (κ1) is 18.4. The Morgan fingerprint density at radius 2 is 1.74 bits per heavy atom. The van der Waals surface area contributed by atoms with Crippen LogP contribution in [0.1, 0.15) is 56.6 Å². The molecule has 1 saturated carbocycles. The van der Waals surface area contributed by atoms with Crippen molar-refractivity contribution >= 4 is 11.8 Å². The van der Waals surface area contributed by atoms with Crippen molar-refractivity contribution in [1.82, 2.24) is 26.1 Å². The Morgan fingerprint density at radius 3 is 2.44 bits per heavy atom. The van der Waals surface area contributed by atoms with Crippen LogP contribution in [-0.2, 0) is 9.59 Å². The van der Waals surface area contributed by atoms with Gasteiger partial charge in [0.15, 0.2) is 0 Å². The highest BCUT2D eigenvalue weighted by Gasteiger charge is 2.35. The molecule has 7 nitrogen and oxygen atoms in total. The number of carbonyl (C=O) groups is 2. The summed E-state index contributed by atoms with van der Waals surface area (Å²) in [5.74, 6) is 0.370. The fourth-order valence-electron chi connectivity index (χ4n) is 4.50. The van der Waals surface area contributed by atoms with Gasteiger partial charge in [-0.1, -0.05) is 12.8 Å². The first-order valence-electron chi connectivity index (χ1n) is 10.2. The fraction of sp³-hybridized carbons (Fsp3) is 0.650. The molecule has 1 aromatic heterocycles. The lowest BCUT2D eigenvalue weighted by molar-refractivity contribution is -0.137. The smallest absolute Gasteiger partial charge is 0.241 e. The number of carbonyl (C=O) groups excluding carboxylic acids is 2. The van der Waals surface area contributed by atoms with Crippen LogP contribution in [0.4, 0.5) is 0 Å². The molecule has 0 radical (unpaired) electrons. The van der Waals surface area contributed by atoms with Gasteiger partial charge in [-0.15, -0.1) is 0 Å². The van der Waals surface area contributed by atoms with Gasteiger partial charge >= 0.3 is 0 Å². The van der Waals surface area contributed by atoms with Gasteiger partial charge in [-0.25, -0.2) is 10.9 Å². The van der Waals surface area contributed by atoms with E-state index in [-0.39, 0.29) is 29.8 Å². The SMILES string of the molecule is O=C(NC1CCCC1)C1CCN(C(=O)C2CC(c3ccncc3)NN2)CC1. The Balaban J connectivity index is 1.24. The average Bonchev–Trinajstić information content (AvgIpc) is 3.40. The van der Waals surface area contributed by atoms with Crippen LogP contribution in [0.2, 0.25) is 0 Å². The minimum Gasteiger partial charge on any atom is -0.353 e. The normalized spacial score (nSPS) is 27.0. The maximum absolute atomic E-state index is 12.8. The molecule has 0 aromatic carbocycles. The molecule has 2 aliphatic heterocycles. The zero-order chi connectivity index (χ0) is 18.6. The van der Waals surface area contributed by atoms with Crippen LogP contribution < -0.4 is 16.2 Å².